The molecule has 1 saturated heterocycles. The van der Waals surface area contributed by atoms with Gasteiger partial charge < -0.3 is 4.90 Å². The van der Waals surface area contributed by atoms with Crippen LogP contribution < -0.4 is 0 Å². The predicted molar refractivity (Wildman–Crippen MR) is 65.5 cm³/mol. The Balaban J connectivity index is 2.67. The van der Waals surface area contributed by atoms with E-state index in [0.29, 0.717) is 0 Å². The van der Waals surface area contributed by atoms with Crippen LogP contribution in [0, 0.1) is 0 Å². The number of halogens is 1. The van der Waals surface area contributed by atoms with Gasteiger partial charge in [0.2, 0.25) is 0 Å². The molecule has 1 unspecified atom stereocenters. The summed E-state index contributed by atoms with van der Waals surface area (Å²) >= 11 is 1.73. The molecule has 1 rings (SSSR count). The Hall–Kier alpha value is 0.800. The van der Waals surface area contributed by atoms with Gasteiger partial charge in [0.25, 0.3) is 0 Å². The van der Waals surface area contributed by atoms with Crippen LogP contribution >= 0.6 is 30.7 Å². The summed E-state index contributed by atoms with van der Waals surface area (Å²) in [6, 6.07) is 0. The van der Waals surface area contributed by atoms with Gasteiger partial charge in [-0.25, -0.2) is 12.2 Å². The normalized spacial score (nSPS) is 25.2. The number of piperazine rings is 1. The SMILES string of the molecule is CN1CCN(P(=O)(OI)N(C)C)CC1. The van der Waals surface area contributed by atoms with Crippen LogP contribution in [0.4, 0.5) is 0 Å². The molecular formula is C7H17IN3O2P. The van der Waals surface area contributed by atoms with Crippen molar-refractivity contribution in [3.8, 4) is 0 Å². The van der Waals surface area contributed by atoms with Crippen molar-refractivity contribution in [2.45, 2.75) is 0 Å². The second kappa shape index (κ2) is 5.23. The van der Waals surface area contributed by atoms with Crippen LogP contribution in [0.15, 0.2) is 0 Å². The molecule has 0 aromatic carbocycles. The number of hydrogen-bond donors (Lipinski definition) is 0. The molecule has 5 nitrogen and oxygen atoms in total. The monoisotopic (exact) mass is 333 g/mol. The molecule has 1 heterocycles. The molecule has 0 radical (unpaired) electrons. The van der Waals surface area contributed by atoms with Crippen molar-refractivity contribution in [2.75, 3.05) is 47.3 Å². The third-order valence-corrected chi connectivity index (χ3v) is 6.28. The Morgan fingerprint density at radius 1 is 1.29 bits per heavy atom. The Morgan fingerprint density at radius 3 is 2.14 bits per heavy atom. The lowest BCUT2D eigenvalue weighted by molar-refractivity contribution is 0.202. The van der Waals surface area contributed by atoms with Crippen LogP contribution in [0.2, 0.25) is 0 Å². The zero-order valence-corrected chi connectivity index (χ0v) is 11.9. The molecule has 0 N–H and O–H groups in total. The van der Waals surface area contributed by atoms with Crippen LogP contribution in [0.5, 0.6) is 0 Å². The molecule has 0 aliphatic carbocycles. The first-order valence-electron chi connectivity index (χ1n) is 4.53. The van der Waals surface area contributed by atoms with Gasteiger partial charge in [0.05, 0.1) is 0 Å². The summed E-state index contributed by atoms with van der Waals surface area (Å²) in [5, 5.41) is 0. The maximum atomic E-state index is 12.3. The van der Waals surface area contributed by atoms with Crippen molar-refractivity contribution in [1.82, 2.24) is 14.2 Å². The average molecular weight is 333 g/mol. The molecule has 0 saturated carbocycles. The minimum atomic E-state index is -2.75. The summed E-state index contributed by atoms with van der Waals surface area (Å²) in [7, 11) is 2.90. The minimum Gasteiger partial charge on any atom is -0.304 e. The first kappa shape index (κ1) is 12.9. The zero-order valence-electron chi connectivity index (χ0n) is 8.81. The van der Waals surface area contributed by atoms with Gasteiger partial charge in [0.1, 0.15) is 23.0 Å². The smallest absolute Gasteiger partial charge is 0.304 e. The summed E-state index contributed by atoms with van der Waals surface area (Å²) in [5.74, 6) is 0. The minimum absolute atomic E-state index is 0.801. The fourth-order valence-electron chi connectivity index (χ4n) is 1.41. The van der Waals surface area contributed by atoms with Crippen molar-refractivity contribution in [3.63, 3.8) is 0 Å². The van der Waals surface area contributed by atoms with Crippen molar-refractivity contribution < 1.29 is 7.42 Å². The first-order chi connectivity index (χ1) is 6.50. The van der Waals surface area contributed by atoms with Gasteiger partial charge in [-0.2, -0.15) is 0 Å². The van der Waals surface area contributed by atoms with E-state index in [1.807, 2.05) is 4.67 Å². The molecule has 0 spiro atoms. The van der Waals surface area contributed by atoms with Gasteiger partial charge in [-0.05, 0) is 21.1 Å². The fraction of sp³-hybridized carbons (Fsp3) is 1.00. The number of hydrogen-bond acceptors (Lipinski definition) is 3. The Bertz CT molecular complexity index is 231. The fourth-order valence-corrected chi connectivity index (χ4v) is 4.61. The number of likely N-dealkylation sites (N-methyl/N-ethyl adjacent to an activating group) is 1. The summed E-state index contributed by atoms with van der Waals surface area (Å²) in [4.78, 5) is 2.23. The average Bonchev–Trinajstić information content (AvgIpc) is 2.17. The molecule has 1 fully saturated rings. The lowest BCUT2D eigenvalue weighted by Crippen LogP contribution is -2.44. The molecule has 0 aromatic heterocycles. The largest absolute Gasteiger partial charge is 0.355 e. The van der Waals surface area contributed by atoms with Gasteiger partial charge in [0.15, 0.2) is 0 Å². The van der Waals surface area contributed by atoms with Crippen molar-refractivity contribution in [3.05, 3.63) is 0 Å². The van der Waals surface area contributed by atoms with E-state index < -0.39 is 7.67 Å². The van der Waals surface area contributed by atoms with E-state index in [0.717, 1.165) is 26.2 Å². The quantitative estimate of drug-likeness (QED) is 0.574. The lowest BCUT2D eigenvalue weighted by atomic mass is 10.4. The molecule has 0 amide bonds. The highest BCUT2D eigenvalue weighted by Gasteiger charge is 2.35. The van der Waals surface area contributed by atoms with E-state index in [9.17, 15) is 4.57 Å². The van der Waals surface area contributed by atoms with E-state index in [-0.39, 0.29) is 0 Å². The maximum absolute atomic E-state index is 12.3. The lowest BCUT2D eigenvalue weighted by Gasteiger charge is -2.37. The van der Waals surface area contributed by atoms with Gasteiger partial charge in [-0.15, -0.1) is 0 Å². The van der Waals surface area contributed by atoms with E-state index >= 15 is 0 Å². The Kier molecular flexibility index (Phi) is 4.80. The topological polar surface area (TPSA) is 36.0 Å². The number of rotatable bonds is 3. The second-order valence-corrected chi connectivity index (χ2v) is 7.33. The maximum Gasteiger partial charge on any atom is 0.355 e. The second-order valence-electron chi connectivity index (χ2n) is 3.66. The third-order valence-electron chi connectivity index (χ3n) is 2.43. The van der Waals surface area contributed by atoms with Gasteiger partial charge in [0, 0.05) is 26.2 Å². The van der Waals surface area contributed by atoms with E-state index in [2.05, 4.69) is 11.9 Å². The molecule has 14 heavy (non-hydrogen) atoms. The molecule has 0 aromatic rings. The summed E-state index contributed by atoms with van der Waals surface area (Å²) in [6.07, 6.45) is 0. The van der Waals surface area contributed by atoms with Crippen molar-refractivity contribution in [2.24, 2.45) is 0 Å². The van der Waals surface area contributed by atoms with Gasteiger partial charge in [-0.3, -0.25) is 4.57 Å². The molecule has 84 valence electrons. The van der Waals surface area contributed by atoms with Crippen LogP contribution in [-0.4, -0.2) is 61.6 Å². The predicted octanol–water partition coefficient (Wildman–Crippen LogP) is 1.27. The number of nitrogens with zero attached hydrogens (tertiary/aromatic N) is 3. The highest BCUT2D eigenvalue weighted by molar-refractivity contribution is 14.1. The van der Waals surface area contributed by atoms with Crippen LogP contribution in [-0.2, 0) is 7.42 Å². The summed E-state index contributed by atoms with van der Waals surface area (Å²) in [5.41, 5.74) is 0. The van der Waals surface area contributed by atoms with Crippen molar-refractivity contribution >= 4 is 30.7 Å². The van der Waals surface area contributed by atoms with Crippen LogP contribution in [0.3, 0.4) is 0 Å². The highest BCUT2D eigenvalue weighted by Crippen LogP contribution is 2.54. The van der Waals surface area contributed by atoms with E-state index in [4.69, 9.17) is 2.85 Å². The van der Waals surface area contributed by atoms with Gasteiger partial charge >= 0.3 is 7.67 Å². The molecule has 7 heteroatoms. The molecule has 1 aliphatic rings. The van der Waals surface area contributed by atoms with Gasteiger partial charge in [-0.1, -0.05) is 0 Å². The van der Waals surface area contributed by atoms with Crippen molar-refractivity contribution in [1.29, 1.82) is 0 Å². The molecule has 1 atom stereocenters. The Labute approximate surface area is 99.6 Å². The molecule has 0 bridgehead atoms. The third kappa shape index (κ3) is 2.68. The molecule has 1 aliphatic heterocycles. The standard InChI is InChI=1S/C7H17IN3O2P/c1-9(2)14(12,13-8)11-6-4-10(3)5-7-11/h4-7H2,1-3H3. The first-order valence-corrected chi connectivity index (χ1v) is 6.94. The Morgan fingerprint density at radius 2 is 1.79 bits per heavy atom. The summed E-state index contributed by atoms with van der Waals surface area (Å²) < 4.78 is 21.1. The highest BCUT2D eigenvalue weighted by atomic mass is 127. The van der Waals surface area contributed by atoms with Crippen LogP contribution in [0.25, 0.3) is 0 Å². The van der Waals surface area contributed by atoms with Crippen LogP contribution in [0.1, 0.15) is 0 Å². The molecular weight excluding hydrogens is 316 g/mol. The summed E-state index contributed by atoms with van der Waals surface area (Å²) in [6.45, 7) is 3.49. The van der Waals surface area contributed by atoms with E-state index in [1.165, 1.54) is 0 Å². The van der Waals surface area contributed by atoms with E-state index in [1.54, 1.807) is 41.8 Å². The zero-order chi connectivity index (χ0) is 10.8.